The molecule has 0 bridgehead atoms. The van der Waals surface area contributed by atoms with Gasteiger partial charge in [-0.05, 0) is 12.8 Å². The highest BCUT2D eigenvalue weighted by molar-refractivity contribution is 4.67. The topological polar surface area (TPSA) is 58.9 Å². The molecule has 4 nitrogen and oxygen atoms in total. The molecule has 0 fully saturated rings. The molecule has 0 aliphatic rings. The van der Waals surface area contributed by atoms with E-state index in [1.165, 1.54) is 70.6 Å². The van der Waals surface area contributed by atoms with Crippen molar-refractivity contribution in [3.8, 4) is 0 Å². The highest BCUT2D eigenvalue weighted by atomic mass is 16.5. The second-order valence-electron chi connectivity index (χ2n) is 7.48. The van der Waals surface area contributed by atoms with Crippen molar-refractivity contribution in [2.24, 2.45) is 0 Å². The van der Waals surface area contributed by atoms with E-state index >= 15 is 0 Å². The number of hydrogen-bond acceptors (Lipinski definition) is 4. The molecule has 0 unspecified atom stereocenters. The second-order valence-corrected chi connectivity index (χ2v) is 7.48. The lowest BCUT2D eigenvalue weighted by molar-refractivity contribution is -0.0914. The fourth-order valence-electron chi connectivity index (χ4n) is 3.05. The second kappa shape index (κ2) is 21.1. The van der Waals surface area contributed by atoms with Crippen molar-refractivity contribution in [2.45, 2.75) is 116 Å². The summed E-state index contributed by atoms with van der Waals surface area (Å²) in [4.78, 5) is 0. The molecule has 0 heterocycles. The van der Waals surface area contributed by atoms with Crippen LogP contribution >= 0.6 is 0 Å². The summed E-state index contributed by atoms with van der Waals surface area (Å²) in [6.45, 7) is 5.84. The maximum Gasteiger partial charge on any atom is 0.109 e. The molecule has 0 saturated heterocycles. The van der Waals surface area contributed by atoms with Gasteiger partial charge in [0.2, 0.25) is 0 Å². The number of unbranched alkanes of at least 4 members (excludes halogenated alkanes) is 12. The van der Waals surface area contributed by atoms with Gasteiger partial charge in [0.1, 0.15) is 12.2 Å². The first-order valence-electron chi connectivity index (χ1n) is 11.2. The quantitative estimate of drug-likeness (QED) is 0.270. The normalized spacial score (nSPS) is 13.8. The van der Waals surface area contributed by atoms with Crippen LogP contribution in [-0.4, -0.2) is 48.8 Å². The van der Waals surface area contributed by atoms with Gasteiger partial charge in [0.25, 0.3) is 0 Å². The lowest BCUT2D eigenvalue weighted by atomic mass is 10.1. The smallest absolute Gasteiger partial charge is 0.109 e. The predicted octanol–water partition coefficient (Wildman–Crippen LogP) is 5.24. The molecule has 0 aliphatic heterocycles. The van der Waals surface area contributed by atoms with E-state index in [0.29, 0.717) is 13.2 Å². The summed E-state index contributed by atoms with van der Waals surface area (Å²) in [7, 11) is 0. The van der Waals surface area contributed by atoms with Crippen LogP contribution in [0.5, 0.6) is 0 Å². The van der Waals surface area contributed by atoms with Crippen LogP contribution in [0.4, 0.5) is 0 Å². The van der Waals surface area contributed by atoms with Gasteiger partial charge in [-0.2, -0.15) is 0 Å². The largest absolute Gasteiger partial charge is 0.394 e. The Kier molecular flexibility index (Phi) is 21.0. The Balaban J connectivity index is 3.48. The summed E-state index contributed by atoms with van der Waals surface area (Å²) >= 11 is 0. The summed E-state index contributed by atoms with van der Waals surface area (Å²) in [5.74, 6) is 0. The average molecular weight is 375 g/mol. The first-order chi connectivity index (χ1) is 12.8. The van der Waals surface area contributed by atoms with Crippen LogP contribution in [0.3, 0.4) is 0 Å². The van der Waals surface area contributed by atoms with Crippen LogP contribution in [0.15, 0.2) is 0 Å². The fourth-order valence-corrected chi connectivity index (χ4v) is 3.05. The summed E-state index contributed by atoms with van der Waals surface area (Å²) in [5.41, 5.74) is 0. The van der Waals surface area contributed by atoms with Gasteiger partial charge < -0.3 is 19.7 Å². The monoisotopic (exact) mass is 374 g/mol. The zero-order chi connectivity index (χ0) is 19.3. The van der Waals surface area contributed by atoms with E-state index in [2.05, 4.69) is 13.8 Å². The van der Waals surface area contributed by atoms with Crippen molar-refractivity contribution >= 4 is 0 Å². The molecule has 2 N–H and O–H groups in total. The van der Waals surface area contributed by atoms with E-state index in [0.717, 1.165) is 19.3 Å². The Morgan fingerprint density at radius 2 is 1.12 bits per heavy atom. The van der Waals surface area contributed by atoms with Crippen LogP contribution in [0.2, 0.25) is 0 Å². The molecular formula is C22H46O4. The Bertz CT molecular complexity index is 261. The highest BCUT2D eigenvalue weighted by Crippen LogP contribution is 2.09. The first-order valence-corrected chi connectivity index (χ1v) is 11.2. The van der Waals surface area contributed by atoms with Gasteiger partial charge in [0, 0.05) is 13.2 Å². The standard InChI is InChI=1S/C22H46O4/c1-3-5-7-9-11-13-15-17-25-20-21(24)22(19-23)26-18-16-14-12-10-8-6-4-2/h21-24H,3-20H2,1-2H3/t21-,22+/m1/s1. The number of aliphatic hydroxyl groups is 2. The van der Waals surface area contributed by atoms with Crippen molar-refractivity contribution < 1.29 is 19.7 Å². The number of aliphatic hydroxyl groups excluding tert-OH is 2. The van der Waals surface area contributed by atoms with Crippen LogP contribution in [0.1, 0.15) is 104 Å². The van der Waals surface area contributed by atoms with E-state index in [1.807, 2.05) is 0 Å². The van der Waals surface area contributed by atoms with Gasteiger partial charge in [-0.1, -0.05) is 90.9 Å². The van der Waals surface area contributed by atoms with Gasteiger partial charge in [-0.3, -0.25) is 0 Å². The Labute approximate surface area is 162 Å². The molecule has 0 spiro atoms. The van der Waals surface area contributed by atoms with Gasteiger partial charge >= 0.3 is 0 Å². The molecule has 26 heavy (non-hydrogen) atoms. The zero-order valence-electron chi connectivity index (χ0n) is 17.6. The molecule has 0 amide bonds. The molecule has 2 atom stereocenters. The number of rotatable bonds is 21. The van der Waals surface area contributed by atoms with Crippen LogP contribution < -0.4 is 0 Å². The molecule has 0 radical (unpaired) electrons. The van der Waals surface area contributed by atoms with E-state index < -0.39 is 12.2 Å². The third kappa shape index (κ3) is 17.3. The summed E-state index contributed by atoms with van der Waals surface area (Å²) < 4.78 is 11.2. The molecule has 0 rings (SSSR count). The van der Waals surface area contributed by atoms with E-state index in [1.54, 1.807) is 0 Å². The summed E-state index contributed by atoms with van der Waals surface area (Å²) in [5, 5.41) is 19.5. The van der Waals surface area contributed by atoms with Crippen molar-refractivity contribution in [1.82, 2.24) is 0 Å². The minimum Gasteiger partial charge on any atom is -0.394 e. The maximum absolute atomic E-state index is 10.1. The minimum absolute atomic E-state index is 0.154. The number of hydrogen-bond donors (Lipinski definition) is 2. The van der Waals surface area contributed by atoms with Crippen molar-refractivity contribution in [2.75, 3.05) is 26.4 Å². The van der Waals surface area contributed by atoms with Crippen LogP contribution in [-0.2, 0) is 9.47 Å². The van der Waals surface area contributed by atoms with Crippen LogP contribution in [0, 0.1) is 0 Å². The molecule has 158 valence electrons. The molecule has 0 aromatic heterocycles. The Morgan fingerprint density at radius 3 is 1.62 bits per heavy atom. The zero-order valence-corrected chi connectivity index (χ0v) is 17.6. The molecule has 0 aromatic rings. The first kappa shape index (κ1) is 25.8. The van der Waals surface area contributed by atoms with Crippen LogP contribution in [0.25, 0.3) is 0 Å². The Morgan fingerprint density at radius 1 is 0.654 bits per heavy atom. The maximum atomic E-state index is 10.1. The highest BCUT2D eigenvalue weighted by Gasteiger charge is 2.19. The predicted molar refractivity (Wildman–Crippen MR) is 110 cm³/mol. The third-order valence-electron chi connectivity index (χ3n) is 4.87. The molecule has 4 heteroatoms. The van der Waals surface area contributed by atoms with Crippen molar-refractivity contribution in [1.29, 1.82) is 0 Å². The number of ether oxygens (including phenoxy) is 2. The van der Waals surface area contributed by atoms with Crippen molar-refractivity contribution in [3.63, 3.8) is 0 Å². The lowest BCUT2D eigenvalue weighted by Gasteiger charge is -2.21. The molecule has 0 aliphatic carbocycles. The Hall–Kier alpha value is -0.160. The third-order valence-corrected chi connectivity index (χ3v) is 4.87. The summed E-state index contributed by atoms with van der Waals surface area (Å²) in [6.07, 6.45) is 16.1. The van der Waals surface area contributed by atoms with Gasteiger partial charge in [-0.15, -0.1) is 0 Å². The fraction of sp³-hybridized carbons (Fsp3) is 1.00. The molecule has 0 saturated carbocycles. The van der Waals surface area contributed by atoms with Gasteiger partial charge in [0.15, 0.2) is 0 Å². The average Bonchev–Trinajstić information content (AvgIpc) is 2.65. The van der Waals surface area contributed by atoms with E-state index in [-0.39, 0.29) is 13.2 Å². The van der Waals surface area contributed by atoms with Gasteiger partial charge in [0.05, 0.1) is 13.2 Å². The minimum atomic E-state index is -0.742. The lowest BCUT2D eigenvalue weighted by Crippen LogP contribution is -2.36. The van der Waals surface area contributed by atoms with E-state index in [9.17, 15) is 10.2 Å². The molecular weight excluding hydrogens is 328 g/mol. The van der Waals surface area contributed by atoms with Gasteiger partial charge in [-0.25, -0.2) is 0 Å². The van der Waals surface area contributed by atoms with E-state index in [4.69, 9.17) is 9.47 Å². The molecule has 0 aromatic carbocycles. The summed E-state index contributed by atoms with van der Waals surface area (Å²) in [6, 6.07) is 0. The van der Waals surface area contributed by atoms with Crippen molar-refractivity contribution in [3.05, 3.63) is 0 Å². The SMILES string of the molecule is CCCCCCCCCOC[C@@H](O)[C@H](CO)OCCCCCCCCC.